The van der Waals surface area contributed by atoms with Crippen molar-refractivity contribution < 1.29 is 0 Å². The number of thioether (sulfide) groups is 1. The van der Waals surface area contributed by atoms with Gasteiger partial charge in [0.15, 0.2) is 0 Å². The van der Waals surface area contributed by atoms with Crippen LogP contribution in [0.15, 0.2) is 59.3 Å². The van der Waals surface area contributed by atoms with Crippen LogP contribution in [-0.2, 0) is 0 Å². The first-order valence-corrected chi connectivity index (χ1v) is 6.64. The van der Waals surface area contributed by atoms with Gasteiger partial charge >= 0.3 is 0 Å². The zero-order valence-electron chi connectivity index (χ0n) is 9.63. The molecule has 1 aliphatic rings. The molecule has 0 aliphatic carbocycles. The smallest absolute Gasteiger partial charge is 0.0962 e. The molecule has 0 spiro atoms. The molecule has 1 aromatic carbocycles. The van der Waals surface area contributed by atoms with Gasteiger partial charge in [-0.25, -0.2) is 0 Å². The van der Waals surface area contributed by atoms with E-state index in [1.54, 1.807) is 18.0 Å². The summed E-state index contributed by atoms with van der Waals surface area (Å²) in [5.74, 6) is 0.734. The van der Waals surface area contributed by atoms with E-state index in [1.165, 1.54) is 4.90 Å². The zero-order valence-corrected chi connectivity index (χ0v) is 10.4. The lowest BCUT2D eigenvalue weighted by Gasteiger charge is -2.19. The van der Waals surface area contributed by atoms with Crippen molar-refractivity contribution in [1.29, 1.82) is 5.26 Å². The molecule has 2 nitrogen and oxygen atoms in total. The van der Waals surface area contributed by atoms with Gasteiger partial charge in [-0.15, -0.1) is 11.8 Å². The highest BCUT2D eigenvalue weighted by Crippen LogP contribution is 2.39. The first kappa shape index (κ1) is 11.1. The van der Waals surface area contributed by atoms with Crippen molar-refractivity contribution >= 4 is 17.3 Å². The van der Waals surface area contributed by atoms with Crippen molar-refractivity contribution in [2.45, 2.75) is 4.90 Å². The fourth-order valence-electron chi connectivity index (χ4n) is 2.11. The molecule has 0 N–H and O–H groups in total. The highest BCUT2D eigenvalue weighted by Gasteiger charge is 2.20. The molecule has 0 saturated carbocycles. The fraction of sp³-hybridized carbons (Fsp3) is 0.0667. The first-order chi connectivity index (χ1) is 8.90. The molecule has 0 saturated heterocycles. The van der Waals surface area contributed by atoms with Gasteiger partial charge in [0.05, 0.1) is 6.07 Å². The lowest BCUT2D eigenvalue weighted by Crippen LogP contribution is -2.02. The molecule has 18 heavy (non-hydrogen) atoms. The molecular weight excluding hydrogens is 240 g/mol. The third-order valence-electron chi connectivity index (χ3n) is 2.92. The van der Waals surface area contributed by atoms with E-state index >= 15 is 0 Å². The van der Waals surface area contributed by atoms with Crippen LogP contribution < -0.4 is 0 Å². The Bertz CT molecular complexity index is 654. The maximum atomic E-state index is 9.31. The Morgan fingerprint density at radius 2 is 2.06 bits per heavy atom. The molecule has 1 aliphatic heterocycles. The Labute approximate surface area is 110 Å². The molecule has 3 rings (SSSR count). The summed E-state index contributed by atoms with van der Waals surface area (Å²) in [6.45, 7) is 0. The van der Waals surface area contributed by atoms with E-state index in [2.05, 4.69) is 23.2 Å². The Hall–Kier alpha value is -2.05. The maximum absolute atomic E-state index is 9.31. The number of nitriles is 1. The molecule has 1 aromatic heterocycles. The number of fused-ring (bicyclic) bond motifs is 1. The Kier molecular flexibility index (Phi) is 2.87. The topological polar surface area (TPSA) is 36.7 Å². The van der Waals surface area contributed by atoms with Crippen molar-refractivity contribution in [3.63, 3.8) is 0 Å². The van der Waals surface area contributed by atoms with Crippen molar-refractivity contribution in [3.8, 4) is 6.07 Å². The summed E-state index contributed by atoms with van der Waals surface area (Å²) in [6, 6.07) is 14.4. The van der Waals surface area contributed by atoms with E-state index in [9.17, 15) is 5.26 Å². The number of pyridine rings is 1. The molecule has 0 unspecified atom stereocenters. The molecule has 0 fully saturated rings. The van der Waals surface area contributed by atoms with Gasteiger partial charge < -0.3 is 0 Å². The van der Waals surface area contributed by atoms with E-state index in [0.717, 1.165) is 28.0 Å². The van der Waals surface area contributed by atoms with Crippen LogP contribution in [0, 0.1) is 11.3 Å². The van der Waals surface area contributed by atoms with Crippen molar-refractivity contribution in [2.75, 3.05) is 5.75 Å². The summed E-state index contributed by atoms with van der Waals surface area (Å²) in [5, 5.41) is 9.31. The van der Waals surface area contributed by atoms with Crippen LogP contribution in [-0.4, -0.2) is 10.7 Å². The van der Waals surface area contributed by atoms with Crippen LogP contribution >= 0.6 is 11.8 Å². The third kappa shape index (κ3) is 1.81. The van der Waals surface area contributed by atoms with E-state index in [4.69, 9.17) is 0 Å². The van der Waals surface area contributed by atoms with Gasteiger partial charge in [-0.1, -0.05) is 24.3 Å². The highest BCUT2D eigenvalue weighted by atomic mass is 32.2. The normalized spacial score (nSPS) is 13.9. The molecule has 2 heterocycles. The van der Waals surface area contributed by atoms with E-state index in [-0.39, 0.29) is 0 Å². The standard InChI is InChI=1S/C15H10N2S/c16-8-12-10-18-14-6-2-1-5-13(14)15(12)11-4-3-7-17-9-11/h1-7,9H,10H2. The molecular formula is C15H10N2S. The number of aromatic nitrogens is 1. The van der Waals surface area contributed by atoms with E-state index < -0.39 is 0 Å². The highest BCUT2D eigenvalue weighted by molar-refractivity contribution is 7.99. The predicted molar refractivity (Wildman–Crippen MR) is 73.0 cm³/mol. The number of hydrogen-bond donors (Lipinski definition) is 0. The number of nitrogens with zero attached hydrogens (tertiary/aromatic N) is 2. The largest absolute Gasteiger partial charge is 0.264 e. The number of hydrogen-bond acceptors (Lipinski definition) is 3. The fourth-order valence-corrected chi connectivity index (χ4v) is 3.12. The predicted octanol–water partition coefficient (Wildman–Crippen LogP) is 3.51. The average molecular weight is 250 g/mol. The van der Waals surface area contributed by atoms with Gasteiger partial charge in [-0.3, -0.25) is 4.98 Å². The molecule has 0 atom stereocenters. The minimum Gasteiger partial charge on any atom is -0.264 e. The monoisotopic (exact) mass is 250 g/mol. The molecule has 3 heteroatoms. The summed E-state index contributed by atoms with van der Waals surface area (Å²) in [7, 11) is 0. The SMILES string of the molecule is N#CC1=C(c2cccnc2)c2ccccc2SC1. The number of rotatable bonds is 1. The van der Waals surface area contributed by atoms with Crippen LogP contribution in [0.2, 0.25) is 0 Å². The van der Waals surface area contributed by atoms with Gasteiger partial charge in [0.25, 0.3) is 0 Å². The Balaban J connectivity index is 2.26. The van der Waals surface area contributed by atoms with Crippen molar-refractivity contribution in [1.82, 2.24) is 4.98 Å². The second-order valence-electron chi connectivity index (χ2n) is 3.99. The van der Waals surface area contributed by atoms with Gasteiger partial charge in [0.2, 0.25) is 0 Å². The Morgan fingerprint density at radius 1 is 1.17 bits per heavy atom. The molecule has 0 radical (unpaired) electrons. The lowest BCUT2D eigenvalue weighted by molar-refractivity contribution is 1.27. The second kappa shape index (κ2) is 4.67. The Morgan fingerprint density at radius 3 is 2.83 bits per heavy atom. The van der Waals surface area contributed by atoms with Crippen LogP contribution in [0.5, 0.6) is 0 Å². The first-order valence-electron chi connectivity index (χ1n) is 5.66. The quantitative estimate of drug-likeness (QED) is 0.777. The summed E-state index contributed by atoms with van der Waals surface area (Å²) in [6.07, 6.45) is 3.57. The van der Waals surface area contributed by atoms with Crippen LogP contribution in [0.3, 0.4) is 0 Å². The second-order valence-corrected chi connectivity index (χ2v) is 5.01. The molecule has 0 amide bonds. The van der Waals surface area contributed by atoms with Crippen molar-refractivity contribution in [2.24, 2.45) is 0 Å². The minimum absolute atomic E-state index is 0.734. The van der Waals surface area contributed by atoms with Gasteiger partial charge in [-0.2, -0.15) is 5.26 Å². The van der Waals surface area contributed by atoms with Gasteiger partial charge in [0.1, 0.15) is 0 Å². The van der Waals surface area contributed by atoms with E-state index in [0.29, 0.717) is 0 Å². The summed E-state index contributed by atoms with van der Waals surface area (Å²) in [4.78, 5) is 5.38. The van der Waals surface area contributed by atoms with E-state index in [1.807, 2.05) is 30.5 Å². The third-order valence-corrected chi connectivity index (χ3v) is 4.02. The summed E-state index contributed by atoms with van der Waals surface area (Å²) < 4.78 is 0. The van der Waals surface area contributed by atoms with Crippen LogP contribution in [0.4, 0.5) is 0 Å². The summed E-state index contributed by atoms with van der Waals surface area (Å²) in [5.41, 5.74) is 4.01. The van der Waals surface area contributed by atoms with Gasteiger partial charge in [-0.05, 0) is 17.7 Å². The summed E-state index contributed by atoms with van der Waals surface area (Å²) >= 11 is 1.72. The van der Waals surface area contributed by atoms with Crippen LogP contribution in [0.25, 0.3) is 5.57 Å². The molecule has 86 valence electrons. The zero-order chi connectivity index (χ0) is 12.4. The van der Waals surface area contributed by atoms with Gasteiger partial charge in [0, 0.05) is 39.8 Å². The minimum atomic E-state index is 0.734. The lowest BCUT2D eigenvalue weighted by atomic mass is 9.95. The average Bonchev–Trinajstić information content (AvgIpc) is 2.47. The molecule has 0 bridgehead atoms. The van der Waals surface area contributed by atoms with Crippen molar-refractivity contribution in [3.05, 3.63) is 65.5 Å². The van der Waals surface area contributed by atoms with Crippen LogP contribution in [0.1, 0.15) is 11.1 Å². The molecule has 2 aromatic rings. The maximum Gasteiger partial charge on any atom is 0.0962 e. The number of benzene rings is 1.